The van der Waals surface area contributed by atoms with Crippen molar-refractivity contribution in [1.82, 2.24) is 4.90 Å². The van der Waals surface area contributed by atoms with E-state index in [1.807, 2.05) is 25.7 Å². The van der Waals surface area contributed by atoms with Gasteiger partial charge < -0.3 is 18.9 Å². The molecule has 0 aromatic heterocycles. The van der Waals surface area contributed by atoms with E-state index in [9.17, 15) is 4.79 Å². The number of carbonyl (C=O) groups excluding carboxylic acids is 1. The number of hydrogen-bond donors (Lipinski definition) is 0. The van der Waals surface area contributed by atoms with Crippen molar-refractivity contribution in [2.45, 2.75) is 70.6 Å². The Morgan fingerprint density at radius 1 is 1.12 bits per heavy atom. The van der Waals surface area contributed by atoms with Crippen LogP contribution in [0.25, 0.3) is 0 Å². The van der Waals surface area contributed by atoms with E-state index in [0.29, 0.717) is 33.0 Å². The number of carbonyl (C=O) groups is 1. The van der Waals surface area contributed by atoms with Gasteiger partial charge in [0.2, 0.25) is 0 Å². The maximum Gasteiger partial charge on any atom is 0.411 e. The average molecular weight is 370 g/mol. The predicted octanol–water partition coefficient (Wildman–Crippen LogP) is 3.54. The zero-order valence-electron chi connectivity index (χ0n) is 16.8. The van der Waals surface area contributed by atoms with Crippen LogP contribution in [0, 0.1) is 0 Å². The monoisotopic (exact) mass is 369 g/mol. The summed E-state index contributed by atoms with van der Waals surface area (Å²) in [6.07, 6.45) is 7.20. The van der Waals surface area contributed by atoms with Crippen LogP contribution in [0.1, 0.15) is 52.9 Å². The third-order valence-corrected chi connectivity index (χ3v) is 4.69. The summed E-state index contributed by atoms with van der Waals surface area (Å²) < 4.78 is 21.6. The van der Waals surface area contributed by atoms with Crippen molar-refractivity contribution in [2.24, 2.45) is 0 Å². The fourth-order valence-electron chi connectivity index (χ4n) is 3.57. The summed E-state index contributed by atoms with van der Waals surface area (Å²) in [5, 5.41) is 0. The van der Waals surface area contributed by atoms with Crippen LogP contribution in [-0.4, -0.2) is 68.8 Å². The Morgan fingerprint density at radius 3 is 2.46 bits per heavy atom. The van der Waals surface area contributed by atoms with E-state index in [1.54, 1.807) is 7.11 Å². The zero-order valence-corrected chi connectivity index (χ0v) is 16.8. The van der Waals surface area contributed by atoms with Crippen molar-refractivity contribution >= 4 is 6.09 Å². The lowest BCUT2D eigenvalue weighted by molar-refractivity contribution is -0.00214. The van der Waals surface area contributed by atoms with E-state index in [4.69, 9.17) is 18.9 Å². The fraction of sp³-hybridized carbons (Fsp3) is 0.850. The van der Waals surface area contributed by atoms with Crippen molar-refractivity contribution in [2.75, 3.05) is 40.1 Å². The van der Waals surface area contributed by atoms with Gasteiger partial charge in [-0.2, -0.15) is 0 Å². The third-order valence-electron chi connectivity index (χ3n) is 4.69. The van der Waals surface area contributed by atoms with Crippen molar-refractivity contribution in [1.29, 1.82) is 0 Å². The van der Waals surface area contributed by atoms with Crippen molar-refractivity contribution in [3.05, 3.63) is 11.6 Å². The molecule has 0 aromatic carbocycles. The Bertz CT molecular complexity index is 471. The van der Waals surface area contributed by atoms with E-state index in [1.165, 1.54) is 12.0 Å². The molecule has 2 atom stereocenters. The highest BCUT2D eigenvalue weighted by Crippen LogP contribution is 2.35. The molecule has 0 aromatic rings. The molecule has 2 aliphatic heterocycles. The molecule has 150 valence electrons. The van der Waals surface area contributed by atoms with Gasteiger partial charge >= 0.3 is 6.09 Å². The lowest BCUT2D eigenvalue weighted by Crippen LogP contribution is -2.53. The normalized spacial score (nSPS) is 22.9. The van der Waals surface area contributed by atoms with Crippen LogP contribution in [0.5, 0.6) is 0 Å². The molecule has 1 saturated heterocycles. The average Bonchev–Trinajstić information content (AvgIpc) is 2.54. The Kier molecular flexibility index (Phi) is 8.38. The second-order valence-corrected chi connectivity index (χ2v) is 8.04. The molecule has 2 bridgehead atoms. The highest BCUT2D eigenvalue weighted by atomic mass is 16.6. The molecule has 2 aliphatic rings. The molecule has 26 heavy (non-hydrogen) atoms. The molecule has 0 N–H and O–H groups in total. The smallest absolute Gasteiger partial charge is 0.411 e. The molecule has 2 heterocycles. The Labute approximate surface area is 157 Å². The van der Waals surface area contributed by atoms with Crippen LogP contribution in [0.15, 0.2) is 11.6 Å². The lowest BCUT2D eigenvalue weighted by atomic mass is 9.84. The summed E-state index contributed by atoms with van der Waals surface area (Å²) in [6.45, 7) is 8.88. The molecule has 1 fully saturated rings. The molecule has 0 spiro atoms. The van der Waals surface area contributed by atoms with Crippen molar-refractivity contribution in [3.63, 3.8) is 0 Å². The number of fused-ring (bicyclic) bond motifs is 2. The molecule has 0 aliphatic carbocycles. The number of amides is 1. The fourth-order valence-corrected chi connectivity index (χ4v) is 3.57. The Morgan fingerprint density at radius 2 is 1.81 bits per heavy atom. The number of hydrogen-bond acceptors (Lipinski definition) is 5. The summed E-state index contributed by atoms with van der Waals surface area (Å²) in [5.74, 6) is 0. The SMILES string of the molecule is COCCOCCOCCC1=CC2CCCC(C1)N2C(=O)OC(C)(C)C. The van der Waals surface area contributed by atoms with Crippen LogP contribution < -0.4 is 0 Å². The minimum Gasteiger partial charge on any atom is -0.444 e. The van der Waals surface area contributed by atoms with Crippen LogP contribution >= 0.6 is 0 Å². The number of rotatable bonds is 9. The third kappa shape index (κ3) is 6.89. The summed E-state index contributed by atoms with van der Waals surface area (Å²) in [7, 11) is 1.66. The molecule has 0 saturated carbocycles. The van der Waals surface area contributed by atoms with Gasteiger partial charge in [0.15, 0.2) is 0 Å². The van der Waals surface area contributed by atoms with Crippen molar-refractivity contribution < 1.29 is 23.7 Å². The highest BCUT2D eigenvalue weighted by Gasteiger charge is 2.38. The quantitative estimate of drug-likeness (QED) is 0.460. The number of piperidine rings is 1. The minimum atomic E-state index is -0.450. The summed E-state index contributed by atoms with van der Waals surface area (Å²) in [4.78, 5) is 14.5. The van der Waals surface area contributed by atoms with Crippen molar-refractivity contribution in [3.8, 4) is 0 Å². The minimum absolute atomic E-state index is 0.171. The van der Waals surface area contributed by atoms with Crippen LogP contribution in [0.3, 0.4) is 0 Å². The maximum absolute atomic E-state index is 12.6. The van der Waals surface area contributed by atoms with Gasteiger partial charge in [0, 0.05) is 13.2 Å². The molecule has 6 heteroatoms. The highest BCUT2D eigenvalue weighted by molar-refractivity contribution is 5.70. The lowest BCUT2D eigenvalue weighted by Gasteiger charge is -2.45. The van der Waals surface area contributed by atoms with Gasteiger partial charge in [-0.05, 0) is 52.9 Å². The first kappa shape index (κ1) is 21.2. The van der Waals surface area contributed by atoms with Crippen LogP contribution in [-0.2, 0) is 18.9 Å². The van der Waals surface area contributed by atoms with E-state index in [-0.39, 0.29) is 18.2 Å². The largest absolute Gasteiger partial charge is 0.444 e. The van der Waals surface area contributed by atoms with Gasteiger partial charge in [-0.3, -0.25) is 4.90 Å². The maximum atomic E-state index is 12.6. The molecule has 2 rings (SSSR count). The topological polar surface area (TPSA) is 57.2 Å². The van der Waals surface area contributed by atoms with E-state index >= 15 is 0 Å². The van der Waals surface area contributed by atoms with Gasteiger partial charge in [-0.1, -0.05) is 11.6 Å². The van der Waals surface area contributed by atoms with Gasteiger partial charge in [-0.15, -0.1) is 0 Å². The predicted molar refractivity (Wildman–Crippen MR) is 100 cm³/mol. The number of ether oxygens (including phenoxy) is 4. The van der Waals surface area contributed by atoms with E-state index < -0.39 is 5.60 Å². The summed E-state index contributed by atoms with van der Waals surface area (Å²) in [6, 6.07) is 0.436. The van der Waals surface area contributed by atoms with Crippen LogP contribution in [0.2, 0.25) is 0 Å². The molecular weight excluding hydrogens is 334 g/mol. The number of nitrogens with zero attached hydrogens (tertiary/aromatic N) is 1. The molecule has 6 nitrogen and oxygen atoms in total. The van der Waals surface area contributed by atoms with E-state index in [2.05, 4.69) is 6.08 Å². The Hall–Kier alpha value is -1.11. The van der Waals surface area contributed by atoms with Gasteiger partial charge in [0.25, 0.3) is 0 Å². The standard InChI is InChI=1S/C20H35NO5/c1-20(2,3)26-19(22)21-17-6-5-7-18(21)15-16(14-17)8-9-24-12-13-25-11-10-23-4/h14,17-18H,5-13,15H2,1-4H3. The van der Waals surface area contributed by atoms with Gasteiger partial charge in [-0.25, -0.2) is 4.79 Å². The Balaban J connectivity index is 1.76. The molecule has 1 amide bonds. The number of methoxy groups -OCH3 is 1. The first-order chi connectivity index (χ1) is 12.4. The second kappa shape index (κ2) is 10.3. The van der Waals surface area contributed by atoms with E-state index in [0.717, 1.165) is 25.7 Å². The first-order valence-corrected chi connectivity index (χ1v) is 9.76. The summed E-state index contributed by atoms with van der Waals surface area (Å²) >= 11 is 0. The van der Waals surface area contributed by atoms with Gasteiger partial charge in [0.05, 0.1) is 39.1 Å². The molecule has 2 unspecified atom stereocenters. The first-order valence-electron chi connectivity index (χ1n) is 9.76. The van der Waals surface area contributed by atoms with Gasteiger partial charge in [0.1, 0.15) is 5.60 Å². The van der Waals surface area contributed by atoms with Crippen LogP contribution in [0.4, 0.5) is 4.79 Å². The summed E-state index contributed by atoms with van der Waals surface area (Å²) in [5.41, 5.74) is 0.953. The molecule has 0 radical (unpaired) electrons. The molecular formula is C20H35NO5. The zero-order chi connectivity index (χ0) is 19.0. The second-order valence-electron chi connectivity index (χ2n) is 8.04.